The van der Waals surface area contributed by atoms with E-state index in [4.69, 9.17) is 8.85 Å². The van der Waals surface area contributed by atoms with Crippen LogP contribution in [0.4, 0.5) is 0 Å². The van der Waals surface area contributed by atoms with Crippen molar-refractivity contribution in [3.05, 3.63) is 35.9 Å². The van der Waals surface area contributed by atoms with E-state index < -0.39 is 35.8 Å². The van der Waals surface area contributed by atoms with Crippen LogP contribution in [0.1, 0.15) is 34.5 Å². The third-order valence-electron chi connectivity index (χ3n) is 6.65. The van der Waals surface area contributed by atoms with Crippen LogP contribution in [0.25, 0.3) is 0 Å². The van der Waals surface area contributed by atoms with E-state index >= 15 is 0 Å². The standard InChI is InChI=1S/C19H23NO4/c1-2-8-20-9-7-18-15-11-3-4-12(21)16(15)24-17(18)13(22)5-6-19(18,23)14(20)10-11/h2-4,13-14,17,21-23H,1,5-10H2/t13-,14+,17-,18-,19+/m0/s1/i2D,8D2. The maximum Gasteiger partial charge on any atom is 0.165 e. The van der Waals surface area contributed by atoms with E-state index in [0.717, 1.165) is 11.1 Å². The van der Waals surface area contributed by atoms with E-state index in [0.29, 0.717) is 38.0 Å². The number of likely N-dealkylation sites (tertiary alicyclic amines) is 1. The highest BCUT2D eigenvalue weighted by atomic mass is 16.5. The zero-order chi connectivity index (χ0) is 19.4. The van der Waals surface area contributed by atoms with Crippen molar-refractivity contribution in [1.29, 1.82) is 0 Å². The number of phenols is 1. The summed E-state index contributed by atoms with van der Waals surface area (Å²) in [6, 6.07) is 2.44. The molecule has 4 aliphatic rings. The number of benzene rings is 1. The number of ether oxygens (including phenoxy) is 1. The molecule has 1 saturated heterocycles. The molecular formula is C19H23NO4. The number of hydrogen-bond donors (Lipinski definition) is 3. The van der Waals surface area contributed by atoms with Gasteiger partial charge in [0.05, 0.1) is 18.5 Å². The summed E-state index contributed by atoms with van der Waals surface area (Å²) >= 11 is 0. The largest absolute Gasteiger partial charge is 0.504 e. The third kappa shape index (κ3) is 1.43. The molecule has 2 aliphatic heterocycles. The summed E-state index contributed by atoms with van der Waals surface area (Å²) in [5.41, 5.74) is -0.531. The topological polar surface area (TPSA) is 73.2 Å². The van der Waals surface area contributed by atoms with Crippen LogP contribution in [0.5, 0.6) is 11.5 Å². The monoisotopic (exact) mass is 332 g/mol. The van der Waals surface area contributed by atoms with E-state index in [1.165, 1.54) is 0 Å². The van der Waals surface area contributed by atoms with Crippen molar-refractivity contribution in [3.8, 4) is 11.5 Å². The van der Waals surface area contributed by atoms with Crippen LogP contribution in [0.2, 0.25) is 0 Å². The lowest BCUT2D eigenvalue weighted by molar-refractivity contribution is -0.206. The highest BCUT2D eigenvalue weighted by Gasteiger charge is 2.72. The number of rotatable bonds is 2. The molecule has 5 heteroatoms. The molecule has 128 valence electrons. The normalized spacial score (nSPS) is 44.8. The van der Waals surface area contributed by atoms with Crippen molar-refractivity contribution in [3.63, 3.8) is 0 Å². The second-order valence-electron chi connectivity index (χ2n) is 7.44. The molecule has 2 bridgehead atoms. The number of piperidine rings is 1. The Labute approximate surface area is 145 Å². The Morgan fingerprint density at radius 1 is 1.50 bits per heavy atom. The van der Waals surface area contributed by atoms with Crippen LogP contribution in [-0.4, -0.2) is 57.1 Å². The highest BCUT2D eigenvalue weighted by Crippen LogP contribution is 2.65. The lowest BCUT2D eigenvalue weighted by Crippen LogP contribution is -2.77. The van der Waals surface area contributed by atoms with Crippen molar-refractivity contribution >= 4 is 0 Å². The maximum absolute atomic E-state index is 12.0. The van der Waals surface area contributed by atoms with Gasteiger partial charge in [-0.05, 0) is 43.9 Å². The minimum absolute atomic E-state index is 0.00261. The first-order valence-corrected chi connectivity index (χ1v) is 8.50. The van der Waals surface area contributed by atoms with Gasteiger partial charge in [0.2, 0.25) is 0 Å². The molecule has 5 rings (SSSR count). The van der Waals surface area contributed by atoms with Gasteiger partial charge in [0, 0.05) is 20.8 Å². The number of phenolic OH excluding ortho intramolecular Hbond substituents is 1. The van der Waals surface area contributed by atoms with Gasteiger partial charge in [-0.25, -0.2) is 0 Å². The van der Waals surface area contributed by atoms with Gasteiger partial charge in [0.1, 0.15) is 6.10 Å². The summed E-state index contributed by atoms with van der Waals surface area (Å²) in [7, 11) is 0. The SMILES string of the molecule is [2H]C(=C)C([2H])([2H])N1CC[C@]23c4c5ccc(O)c4O[C@H]2[C@@H](O)CC[C@@]3(O)[C@H]1C5. The first-order valence-electron chi connectivity index (χ1n) is 10.00. The Hall–Kier alpha value is -1.56. The molecule has 0 amide bonds. The van der Waals surface area contributed by atoms with E-state index in [1.54, 1.807) is 17.0 Å². The molecule has 5 atom stereocenters. The molecule has 2 aliphatic carbocycles. The maximum atomic E-state index is 12.0. The van der Waals surface area contributed by atoms with Crippen LogP contribution < -0.4 is 4.74 Å². The lowest BCUT2D eigenvalue weighted by Gasteiger charge is -2.63. The molecule has 1 spiro atoms. The fourth-order valence-corrected chi connectivity index (χ4v) is 5.75. The molecule has 1 aromatic carbocycles. The first-order chi connectivity index (χ1) is 12.6. The molecule has 1 saturated carbocycles. The molecule has 3 N–H and O–H groups in total. The average molecular weight is 332 g/mol. The fraction of sp³-hybridized carbons (Fsp3) is 0.579. The molecule has 0 aromatic heterocycles. The Bertz CT molecular complexity index is 862. The van der Waals surface area contributed by atoms with E-state index in [2.05, 4.69) is 6.58 Å². The number of nitrogens with zero attached hydrogens (tertiary/aromatic N) is 1. The first kappa shape index (κ1) is 11.9. The Kier molecular flexibility index (Phi) is 2.25. The molecule has 2 fully saturated rings. The second-order valence-corrected chi connectivity index (χ2v) is 7.44. The molecule has 5 nitrogen and oxygen atoms in total. The van der Waals surface area contributed by atoms with Crippen LogP contribution in [0.15, 0.2) is 24.8 Å². The van der Waals surface area contributed by atoms with Crippen molar-refractivity contribution < 1.29 is 24.2 Å². The van der Waals surface area contributed by atoms with Crippen molar-refractivity contribution in [2.45, 2.75) is 54.9 Å². The summed E-state index contributed by atoms with van der Waals surface area (Å²) < 4.78 is 30.6. The van der Waals surface area contributed by atoms with Crippen molar-refractivity contribution in [2.24, 2.45) is 0 Å². The van der Waals surface area contributed by atoms with E-state index in [-0.39, 0.29) is 11.8 Å². The molecule has 0 radical (unpaired) electrons. The summed E-state index contributed by atoms with van der Waals surface area (Å²) in [4.78, 5) is 1.55. The van der Waals surface area contributed by atoms with Crippen molar-refractivity contribution in [1.82, 2.24) is 4.90 Å². The molecule has 2 heterocycles. The molecule has 0 unspecified atom stereocenters. The zero-order valence-corrected chi connectivity index (χ0v) is 13.3. The summed E-state index contributed by atoms with van der Waals surface area (Å²) in [5, 5.41) is 33.0. The lowest BCUT2D eigenvalue weighted by atomic mass is 9.48. The highest BCUT2D eigenvalue weighted by molar-refractivity contribution is 5.62. The number of hydrogen-bond acceptors (Lipinski definition) is 5. The van der Waals surface area contributed by atoms with Gasteiger partial charge < -0.3 is 20.1 Å². The van der Waals surface area contributed by atoms with Crippen LogP contribution in [0.3, 0.4) is 0 Å². The van der Waals surface area contributed by atoms with Gasteiger partial charge in [0.25, 0.3) is 0 Å². The van der Waals surface area contributed by atoms with Crippen LogP contribution in [-0.2, 0) is 11.8 Å². The van der Waals surface area contributed by atoms with Gasteiger partial charge in [-0.2, -0.15) is 0 Å². The third-order valence-corrected chi connectivity index (χ3v) is 6.65. The minimum Gasteiger partial charge on any atom is -0.504 e. The van der Waals surface area contributed by atoms with Gasteiger partial charge in [0.15, 0.2) is 11.5 Å². The number of aromatic hydroxyl groups is 1. The molecule has 1 aromatic rings. The smallest absolute Gasteiger partial charge is 0.165 e. The number of aliphatic hydroxyl groups is 2. The van der Waals surface area contributed by atoms with Gasteiger partial charge in [-0.15, -0.1) is 6.58 Å². The van der Waals surface area contributed by atoms with Gasteiger partial charge in [-0.3, -0.25) is 4.90 Å². The Morgan fingerprint density at radius 3 is 3.12 bits per heavy atom. The van der Waals surface area contributed by atoms with Crippen LogP contribution >= 0.6 is 0 Å². The Morgan fingerprint density at radius 2 is 2.33 bits per heavy atom. The predicted molar refractivity (Wildman–Crippen MR) is 88.3 cm³/mol. The van der Waals surface area contributed by atoms with E-state index in [1.807, 2.05) is 0 Å². The summed E-state index contributed by atoms with van der Waals surface area (Å²) in [6.45, 7) is 1.74. The Balaban J connectivity index is 1.76. The van der Waals surface area contributed by atoms with Crippen LogP contribution in [0, 0.1) is 0 Å². The van der Waals surface area contributed by atoms with Crippen molar-refractivity contribution in [2.75, 3.05) is 13.0 Å². The second kappa shape index (κ2) is 4.54. The quantitative estimate of drug-likeness (QED) is 0.707. The van der Waals surface area contributed by atoms with Gasteiger partial charge in [-0.1, -0.05) is 12.1 Å². The number of aliphatic hydroxyl groups excluding tert-OH is 1. The van der Waals surface area contributed by atoms with Gasteiger partial charge >= 0.3 is 0 Å². The minimum atomic E-state index is -2.07. The predicted octanol–water partition coefficient (Wildman–Crippen LogP) is 1.09. The summed E-state index contributed by atoms with van der Waals surface area (Å²) in [6.07, 6.45) is -0.0315. The fourth-order valence-electron chi connectivity index (χ4n) is 5.75. The summed E-state index contributed by atoms with van der Waals surface area (Å²) in [5.74, 6) is 0.347. The van der Waals surface area contributed by atoms with E-state index in [9.17, 15) is 15.3 Å². The molecule has 24 heavy (non-hydrogen) atoms. The zero-order valence-electron chi connectivity index (χ0n) is 16.3. The average Bonchev–Trinajstić information content (AvgIpc) is 2.95. The molecular weight excluding hydrogens is 306 g/mol.